The molecule has 0 bridgehead atoms. The summed E-state index contributed by atoms with van der Waals surface area (Å²) in [6, 6.07) is 7.11. The Morgan fingerprint density at radius 2 is 2.00 bits per heavy atom. The van der Waals surface area contributed by atoms with Crippen LogP contribution in [0.15, 0.2) is 66.1 Å². The maximum atomic E-state index is 12.7. The molecule has 1 atom stereocenters. The molecule has 0 spiro atoms. The standard InChI is InChI=1S/C28H31N5O/c29-18-20-5-4-6-21(15-20)23-16-22-9-12-30-19-26(22)27(17-23)31-25-10-13-33(14-11-25)28(34)32-24-7-2-1-3-8-24/h2,4-5,7-9,12,15-17,21,25,30-31H,1,3,6,10-11,13-14,19H2,(H,32,34). The van der Waals surface area contributed by atoms with Crippen molar-refractivity contribution in [2.45, 2.75) is 50.6 Å². The first kappa shape index (κ1) is 22.1. The van der Waals surface area contributed by atoms with E-state index in [0.29, 0.717) is 6.04 Å². The summed E-state index contributed by atoms with van der Waals surface area (Å²) in [4.78, 5) is 14.6. The average Bonchev–Trinajstić information content (AvgIpc) is 2.89. The lowest BCUT2D eigenvalue weighted by Gasteiger charge is -2.34. The highest BCUT2D eigenvalue weighted by molar-refractivity contribution is 5.77. The van der Waals surface area contributed by atoms with E-state index in [2.05, 4.69) is 64.5 Å². The van der Waals surface area contributed by atoms with Gasteiger partial charge >= 0.3 is 6.03 Å². The van der Waals surface area contributed by atoms with Gasteiger partial charge < -0.3 is 20.9 Å². The predicted octanol–water partition coefficient (Wildman–Crippen LogP) is 5.07. The van der Waals surface area contributed by atoms with E-state index in [1.807, 2.05) is 23.3 Å². The van der Waals surface area contributed by atoms with Crippen LogP contribution in [0.25, 0.3) is 6.08 Å². The van der Waals surface area contributed by atoms with E-state index >= 15 is 0 Å². The summed E-state index contributed by atoms with van der Waals surface area (Å²) >= 11 is 0. The summed E-state index contributed by atoms with van der Waals surface area (Å²) in [5, 5.41) is 19.5. The number of fused-ring (bicyclic) bond motifs is 1. The van der Waals surface area contributed by atoms with Gasteiger partial charge in [0.2, 0.25) is 0 Å². The molecule has 4 aliphatic rings. The number of nitrogens with one attached hydrogen (secondary N) is 3. The lowest BCUT2D eigenvalue weighted by Crippen LogP contribution is -2.46. The number of rotatable bonds is 4. The zero-order chi connectivity index (χ0) is 23.3. The number of carbonyl (C=O) groups is 1. The molecular weight excluding hydrogens is 422 g/mol. The fourth-order valence-electron chi connectivity index (χ4n) is 5.06. The van der Waals surface area contributed by atoms with Gasteiger partial charge in [-0.05, 0) is 73.7 Å². The first-order valence-electron chi connectivity index (χ1n) is 12.2. The van der Waals surface area contributed by atoms with Gasteiger partial charge in [0.1, 0.15) is 0 Å². The lowest BCUT2D eigenvalue weighted by atomic mass is 9.86. The second-order valence-electron chi connectivity index (χ2n) is 9.30. The van der Waals surface area contributed by atoms with Crippen LogP contribution >= 0.6 is 0 Å². The van der Waals surface area contributed by atoms with Gasteiger partial charge in [-0.25, -0.2) is 4.79 Å². The van der Waals surface area contributed by atoms with Crippen molar-refractivity contribution in [2.24, 2.45) is 0 Å². The van der Waals surface area contributed by atoms with Gasteiger partial charge in [-0.15, -0.1) is 0 Å². The highest BCUT2D eigenvalue weighted by Gasteiger charge is 2.25. The molecule has 1 aromatic rings. The highest BCUT2D eigenvalue weighted by Crippen LogP contribution is 2.34. The number of carbonyl (C=O) groups excluding carboxylic acids is 1. The molecule has 174 valence electrons. The van der Waals surface area contributed by atoms with Crippen LogP contribution in [0.5, 0.6) is 0 Å². The number of amides is 2. The van der Waals surface area contributed by atoms with Crippen molar-refractivity contribution in [3.63, 3.8) is 0 Å². The van der Waals surface area contributed by atoms with Crippen molar-refractivity contribution in [3.05, 3.63) is 82.7 Å². The Morgan fingerprint density at radius 1 is 1.12 bits per heavy atom. The van der Waals surface area contributed by atoms with Gasteiger partial charge in [0.25, 0.3) is 0 Å². The van der Waals surface area contributed by atoms with E-state index in [0.717, 1.165) is 68.7 Å². The summed E-state index contributed by atoms with van der Waals surface area (Å²) in [7, 11) is 0. The van der Waals surface area contributed by atoms with Crippen LogP contribution < -0.4 is 16.0 Å². The number of likely N-dealkylation sites (tertiary alicyclic amines) is 1. The molecule has 0 radical (unpaired) electrons. The van der Waals surface area contributed by atoms with Crippen LogP contribution in [-0.4, -0.2) is 30.1 Å². The van der Waals surface area contributed by atoms with Gasteiger partial charge in [0.05, 0.1) is 6.07 Å². The third-order valence-corrected chi connectivity index (χ3v) is 6.98. The monoisotopic (exact) mass is 453 g/mol. The molecule has 0 aromatic heterocycles. The first-order valence-corrected chi connectivity index (χ1v) is 12.2. The first-order chi connectivity index (χ1) is 16.7. The van der Waals surface area contributed by atoms with Crippen LogP contribution in [0.1, 0.15) is 54.7 Å². The summed E-state index contributed by atoms with van der Waals surface area (Å²) < 4.78 is 0. The van der Waals surface area contributed by atoms with Crippen molar-refractivity contribution in [1.82, 2.24) is 15.5 Å². The minimum absolute atomic E-state index is 0.00426. The normalized spacial score (nSPS) is 21.6. The minimum Gasteiger partial charge on any atom is -0.387 e. The van der Waals surface area contributed by atoms with Crippen molar-refractivity contribution < 1.29 is 4.79 Å². The molecule has 2 heterocycles. The summed E-state index contributed by atoms with van der Waals surface area (Å²) in [6.07, 6.45) is 21.1. The zero-order valence-electron chi connectivity index (χ0n) is 19.4. The molecule has 5 rings (SSSR count). The lowest BCUT2D eigenvalue weighted by molar-refractivity contribution is 0.186. The smallest absolute Gasteiger partial charge is 0.321 e. The Labute approximate surface area is 201 Å². The van der Waals surface area contributed by atoms with Gasteiger partial charge in [-0.2, -0.15) is 5.26 Å². The summed E-state index contributed by atoms with van der Waals surface area (Å²) in [5.74, 6) is 0.211. The molecule has 2 aliphatic carbocycles. The number of benzene rings is 1. The SMILES string of the molecule is N#CC1=CC(c2cc3c(c(NC4CCN(C(=O)NC5=CCCC=C5)CC4)c2)CNC=C3)CC=C1. The number of urea groups is 1. The molecular formula is C28H31N5O. The Kier molecular flexibility index (Phi) is 6.53. The van der Waals surface area contributed by atoms with Crippen LogP contribution in [0.3, 0.4) is 0 Å². The van der Waals surface area contributed by atoms with E-state index in [1.165, 1.54) is 16.7 Å². The summed E-state index contributed by atoms with van der Waals surface area (Å²) in [6.45, 7) is 2.27. The summed E-state index contributed by atoms with van der Waals surface area (Å²) in [5.41, 5.74) is 6.53. The van der Waals surface area contributed by atoms with Gasteiger partial charge in [0, 0.05) is 54.1 Å². The van der Waals surface area contributed by atoms with E-state index in [1.54, 1.807) is 0 Å². The number of allylic oxidation sites excluding steroid dienone is 7. The van der Waals surface area contributed by atoms with Crippen LogP contribution in [0.4, 0.5) is 10.5 Å². The number of anilines is 1. The average molecular weight is 454 g/mol. The molecule has 6 heteroatoms. The van der Waals surface area contributed by atoms with Gasteiger partial charge in [-0.1, -0.05) is 30.4 Å². The van der Waals surface area contributed by atoms with E-state index in [4.69, 9.17) is 0 Å². The second-order valence-corrected chi connectivity index (χ2v) is 9.30. The largest absolute Gasteiger partial charge is 0.387 e. The van der Waals surface area contributed by atoms with E-state index in [9.17, 15) is 10.1 Å². The molecule has 34 heavy (non-hydrogen) atoms. The van der Waals surface area contributed by atoms with Crippen LogP contribution in [-0.2, 0) is 6.54 Å². The molecule has 1 aromatic carbocycles. The molecule has 2 amide bonds. The quantitative estimate of drug-likeness (QED) is 0.594. The van der Waals surface area contributed by atoms with Crippen molar-refractivity contribution in [2.75, 3.05) is 18.4 Å². The Morgan fingerprint density at radius 3 is 2.79 bits per heavy atom. The Bertz CT molecular complexity index is 1140. The fraction of sp³-hybridized carbons (Fsp3) is 0.357. The van der Waals surface area contributed by atoms with Crippen LogP contribution in [0.2, 0.25) is 0 Å². The second kappa shape index (κ2) is 10.0. The predicted molar refractivity (Wildman–Crippen MR) is 136 cm³/mol. The van der Waals surface area contributed by atoms with Crippen molar-refractivity contribution in [3.8, 4) is 6.07 Å². The number of hydrogen-bond donors (Lipinski definition) is 3. The minimum atomic E-state index is -0.00426. The van der Waals surface area contributed by atoms with Crippen molar-refractivity contribution in [1.29, 1.82) is 5.26 Å². The van der Waals surface area contributed by atoms with Crippen molar-refractivity contribution >= 4 is 17.8 Å². The molecule has 0 saturated carbocycles. The third-order valence-electron chi connectivity index (χ3n) is 6.98. The zero-order valence-corrected chi connectivity index (χ0v) is 19.4. The Balaban J connectivity index is 1.27. The Hall–Kier alpha value is -3.72. The maximum Gasteiger partial charge on any atom is 0.321 e. The van der Waals surface area contributed by atoms with Gasteiger partial charge in [0.15, 0.2) is 0 Å². The molecule has 3 N–H and O–H groups in total. The number of piperidine rings is 1. The van der Waals surface area contributed by atoms with E-state index in [-0.39, 0.29) is 11.9 Å². The molecule has 1 fully saturated rings. The molecule has 1 unspecified atom stereocenters. The molecule has 1 saturated heterocycles. The van der Waals surface area contributed by atoms with Crippen LogP contribution in [0, 0.1) is 11.3 Å². The number of nitrogens with zero attached hydrogens (tertiary/aromatic N) is 2. The molecule has 6 nitrogen and oxygen atoms in total. The van der Waals surface area contributed by atoms with E-state index < -0.39 is 0 Å². The molecule has 2 aliphatic heterocycles. The van der Waals surface area contributed by atoms with Gasteiger partial charge in [-0.3, -0.25) is 0 Å². The number of nitriles is 1. The highest BCUT2D eigenvalue weighted by atomic mass is 16.2. The topological polar surface area (TPSA) is 80.2 Å². The maximum absolute atomic E-state index is 12.7. The fourth-order valence-corrected chi connectivity index (χ4v) is 5.06. The number of hydrogen-bond acceptors (Lipinski definition) is 4. The third kappa shape index (κ3) is 4.94.